The number of ether oxygens (including phenoxy) is 1. The Kier molecular flexibility index (Phi) is 3.17. The van der Waals surface area contributed by atoms with Gasteiger partial charge < -0.3 is 4.74 Å². The van der Waals surface area contributed by atoms with Gasteiger partial charge in [-0.3, -0.25) is 9.69 Å². The highest BCUT2D eigenvalue weighted by Gasteiger charge is 2.29. The topological polar surface area (TPSA) is 46.6 Å². The van der Waals surface area contributed by atoms with E-state index in [0.29, 0.717) is 22.5 Å². The fraction of sp³-hybridized carbons (Fsp3) is 0.125. The van der Waals surface area contributed by atoms with Crippen molar-refractivity contribution in [3.8, 4) is 0 Å². The highest BCUT2D eigenvalue weighted by atomic mass is 19.1. The van der Waals surface area contributed by atoms with Crippen molar-refractivity contribution in [3.05, 3.63) is 59.4 Å². The minimum atomic E-state index is -0.470. The van der Waals surface area contributed by atoms with Gasteiger partial charge in [0.25, 0.3) is 0 Å². The maximum absolute atomic E-state index is 13.2. The highest BCUT2D eigenvalue weighted by Crippen LogP contribution is 2.35. The molecule has 106 valence electrons. The number of esters is 1. The molecule has 1 amide bonds. The molecule has 0 saturated carbocycles. The van der Waals surface area contributed by atoms with Crippen LogP contribution in [-0.2, 0) is 16.0 Å². The number of fused-ring (bicyclic) bond motifs is 1. The monoisotopic (exact) mass is 285 g/mol. The van der Waals surface area contributed by atoms with Crippen LogP contribution in [-0.4, -0.2) is 19.0 Å². The van der Waals surface area contributed by atoms with Gasteiger partial charge in [0.2, 0.25) is 5.91 Å². The van der Waals surface area contributed by atoms with Gasteiger partial charge in [-0.25, -0.2) is 9.18 Å². The minimum absolute atomic E-state index is 0.148. The van der Waals surface area contributed by atoms with Crippen molar-refractivity contribution in [1.29, 1.82) is 0 Å². The van der Waals surface area contributed by atoms with E-state index in [1.54, 1.807) is 30.3 Å². The summed E-state index contributed by atoms with van der Waals surface area (Å²) in [5.74, 6) is -0.993. The second-order valence-electron chi connectivity index (χ2n) is 4.72. The zero-order valence-corrected chi connectivity index (χ0v) is 11.3. The number of anilines is 2. The Balaban J connectivity index is 2.06. The van der Waals surface area contributed by atoms with Gasteiger partial charge in [-0.1, -0.05) is 6.07 Å². The molecule has 0 aromatic heterocycles. The van der Waals surface area contributed by atoms with Crippen LogP contribution in [0.5, 0.6) is 0 Å². The van der Waals surface area contributed by atoms with Gasteiger partial charge in [0.1, 0.15) is 5.82 Å². The van der Waals surface area contributed by atoms with Gasteiger partial charge in [-0.15, -0.1) is 0 Å². The highest BCUT2D eigenvalue weighted by molar-refractivity contribution is 6.07. The Bertz CT molecular complexity index is 742. The normalized spacial score (nSPS) is 13.2. The third kappa shape index (κ3) is 2.27. The molecule has 0 N–H and O–H groups in total. The van der Waals surface area contributed by atoms with E-state index >= 15 is 0 Å². The fourth-order valence-corrected chi connectivity index (χ4v) is 2.46. The molecule has 21 heavy (non-hydrogen) atoms. The van der Waals surface area contributed by atoms with Crippen molar-refractivity contribution in [1.82, 2.24) is 0 Å². The van der Waals surface area contributed by atoms with Gasteiger partial charge in [0.15, 0.2) is 0 Å². The molecule has 0 fully saturated rings. The van der Waals surface area contributed by atoms with E-state index in [2.05, 4.69) is 4.74 Å². The van der Waals surface area contributed by atoms with Crippen LogP contribution in [0.4, 0.5) is 15.8 Å². The molecular formula is C16H12FNO3. The maximum atomic E-state index is 13.2. The second-order valence-corrected chi connectivity index (χ2v) is 4.72. The van der Waals surface area contributed by atoms with Crippen molar-refractivity contribution in [3.63, 3.8) is 0 Å². The van der Waals surface area contributed by atoms with Gasteiger partial charge >= 0.3 is 5.97 Å². The Morgan fingerprint density at radius 1 is 1.24 bits per heavy atom. The summed E-state index contributed by atoms with van der Waals surface area (Å²) in [6, 6.07) is 10.8. The number of nitrogens with zero attached hydrogens (tertiary/aromatic N) is 1. The summed E-state index contributed by atoms with van der Waals surface area (Å²) in [5, 5.41) is 0. The van der Waals surface area contributed by atoms with Crippen molar-refractivity contribution < 1.29 is 18.7 Å². The molecular weight excluding hydrogens is 273 g/mol. The van der Waals surface area contributed by atoms with Crippen molar-refractivity contribution >= 4 is 23.3 Å². The van der Waals surface area contributed by atoms with Crippen LogP contribution >= 0.6 is 0 Å². The lowest BCUT2D eigenvalue weighted by atomic mass is 10.1. The number of rotatable bonds is 2. The van der Waals surface area contributed by atoms with Gasteiger partial charge in [-0.05, 0) is 42.0 Å². The Morgan fingerprint density at radius 2 is 2.05 bits per heavy atom. The van der Waals surface area contributed by atoms with Crippen LogP contribution < -0.4 is 4.90 Å². The molecule has 0 aliphatic carbocycles. The molecule has 0 bridgehead atoms. The molecule has 2 aromatic rings. The van der Waals surface area contributed by atoms with Crippen LogP contribution in [0.3, 0.4) is 0 Å². The smallest absolute Gasteiger partial charge is 0.337 e. The number of hydrogen-bond acceptors (Lipinski definition) is 3. The number of carbonyl (C=O) groups is 2. The number of amides is 1. The summed E-state index contributed by atoms with van der Waals surface area (Å²) in [5.41, 5.74) is 2.21. The predicted octanol–water partition coefficient (Wildman–Crippen LogP) is 2.83. The van der Waals surface area contributed by atoms with E-state index in [1.807, 2.05) is 0 Å². The molecule has 0 unspecified atom stereocenters. The molecule has 0 spiro atoms. The fourth-order valence-electron chi connectivity index (χ4n) is 2.46. The molecule has 4 nitrogen and oxygen atoms in total. The Morgan fingerprint density at radius 3 is 2.81 bits per heavy atom. The first-order valence-corrected chi connectivity index (χ1v) is 6.40. The SMILES string of the molecule is COC(=O)c1cccc(N2C(=O)Cc3cc(F)ccc32)c1. The predicted molar refractivity (Wildman–Crippen MR) is 75.0 cm³/mol. The van der Waals surface area contributed by atoms with Crippen molar-refractivity contribution in [2.45, 2.75) is 6.42 Å². The molecule has 5 heteroatoms. The first-order valence-electron chi connectivity index (χ1n) is 6.40. The molecule has 3 rings (SSSR count). The number of methoxy groups -OCH3 is 1. The van der Waals surface area contributed by atoms with Gasteiger partial charge in [-0.2, -0.15) is 0 Å². The van der Waals surface area contributed by atoms with E-state index in [4.69, 9.17) is 0 Å². The Labute approximate surface area is 120 Å². The molecule has 1 heterocycles. The molecule has 1 aliphatic rings. The first kappa shape index (κ1) is 13.3. The van der Waals surface area contributed by atoms with Crippen molar-refractivity contribution in [2.24, 2.45) is 0 Å². The maximum Gasteiger partial charge on any atom is 0.337 e. The molecule has 0 radical (unpaired) electrons. The van der Waals surface area contributed by atoms with E-state index in [9.17, 15) is 14.0 Å². The zero-order chi connectivity index (χ0) is 15.0. The van der Waals surface area contributed by atoms with Crippen molar-refractivity contribution in [2.75, 3.05) is 12.0 Å². The summed E-state index contributed by atoms with van der Waals surface area (Å²) in [6.45, 7) is 0. The third-order valence-corrected chi connectivity index (χ3v) is 3.40. The zero-order valence-electron chi connectivity index (χ0n) is 11.3. The second kappa shape index (κ2) is 5.01. The van der Waals surface area contributed by atoms with E-state index in [0.717, 1.165) is 0 Å². The first-order chi connectivity index (χ1) is 10.1. The van der Waals surface area contributed by atoms with Gasteiger partial charge in [0, 0.05) is 5.69 Å². The third-order valence-electron chi connectivity index (χ3n) is 3.40. The Hall–Kier alpha value is -2.69. The average molecular weight is 285 g/mol. The molecule has 0 saturated heterocycles. The quantitative estimate of drug-likeness (QED) is 0.797. The summed E-state index contributed by atoms with van der Waals surface area (Å²) in [4.78, 5) is 25.2. The van der Waals surface area contributed by atoms with E-state index in [-0.39, 0.29) is 18.1 Å². The lowest BCUT2D eigenvalue weighted by Crippen LogP contribution is -2.21. The molecule has 1 aliphatic heterocycles. The number of hydrogen-bond donors (Lipinski definition) is 0. The number of carbonyl (C=O) groups excluding carboxylic acids is 2. The van der Waals surface area contributed by atoms with E-state index < -0.39 is 5.97 Å². The van der Waals surface area contributed by atoms with E-state index in [1.165, 1.54) is 24.1 Å². The standard InChI is InChI=1S/C16H12FNO3/c1-21-16(20)10-3-2-4-13(8-10)18-14-6-5-12(17)7-11(14)9-15(18)19/h2-8H,9H2,1H3. The summed E-state index contributed by atoms with van der Waals surface area (Å²) in [7, 11) is 1.30. The lowest BCUT2D eigenvalue weighted by Gasteiger charge is -2.18. The van der Waals surface area contributed by atoms with Crippen LogP contribution in [0.1, 0.15) is 15.9 Å². The van der Waals surface area contributed by atoms with Gasteiger partial charge in [0.05, 0.1) is 24.8 Å². The van der Waals surface area contributed by atoms with Crippen LogP contribution in [0.2, 0.25) is 0 Å². The summed E-state index contributed by atoms with van der Waals surface area (Å²) in [6.07, 6.45) is 0.148. The van der Waals surface area contributed by atoms with Crippen LogP contribution in [0.25, 0.3) is 0 Å². The number of benzene rings is 2. The lowest BCUT2D eigenvalue weighted by molar-refractivity contribution is -0.116. The molecule has 0 atom stereocenters. The number of halogens is 1. The largest absolute Gasteiger partial charge is 0.465 e. The summed E-state index contributed by atoms with van der Waals surface area (Å²) < 4.78 is 17.9. The minimum Gasteiger partial charge on any atom is -0.465 e. The molecule has 2 aromatic carbocycles. The average Bonchev–Trinajstić information content (AvgIpc) is 2.81. The van der Waals surface area contributed by atoms with Crippen LogP contribution in [0, 0.1) is 5.82 Å². The van der Waals surface area contributed by atoms with Crippen LogP contribution in [0.15, 0.2) is 42.5 Å². The summed E-state index contributed by atoms with van der Waals surface area (Å²) >= 11 is 0.